The highest BCUT2D eigenvalue weighted by Gasteiger charge is 2.20. The quantitative estimate of drug-likeness (QED) is 0.335. The molecule has 0 aliphatic rings. The van der Waals surface area contributed by atoms with E-state index in [1.165, 1.54) is 12.1 Å². The summed E-state index contributed by atoms with van der Waals surface area (Å²) in [5.41, 5.74) is 3.52. The molecule has 172 valence electrons. The third kappa shape index (κ3) is 5.14. The highest BCUT2D eigenvalue weighted by Crippen LogP contribution is 2.29. The van der Waals surface area contributed by atoms with Crippen LogP contribution in [0.15, 0.2) is 58.2 Å². The Balaban J connectivity index is 1.48. The molecule has 34 heavy (non-hydrogen) atoms. The third-order valence-electron chi connectivity index (χ3n) is 5.26. The molecule has 0 saturated heterocycles. The zero-order valence-corrected chi connectivity index (χ0v) is 19.9. The van der Waals surface area contributed by atoms with Gasteiger partial charge in [-0.25, -0.2) is 4.39 Å². The number of carbonyl (C=O) groups excluding carboxylic acids is 1. The summed E-state index contributed by atoms with van der Waals surface area (Å²) < 4.78 is 20.7. The molecule has 0 aliphatic heterocycles. The zero-order chi connectivity index (χ0) is 24.2. The molecule has 2 aromatic heterocycles. The summed E-state index contributed by atoms with van der Waals surface area (Å²) in [5, 5.41) is 21.3. The molecule has 0 spiro atoms. The Morgan fingerprint density at radius 3 is 2.71 bits per heavy atom. The van der Waals surface area contributed by atoms with Gasteiger partial charge in [0.15, 0.2) is 0 Å². The van der Waals surface area contributed by atoms with Gasteiger partial charge in [-0.3, -0.25) is 4.79 Å². The predicted octanol–water partition coefficient (Wildman–Crippen LogP) is 5.60. The molecule has 0 radical (unpaired) electrons. The summed E-state index contributed by atoms with van der Waals surface area (Å²) >= 11 is 7.08. The van der Waals surface area contributed by atoms with Crippen molar-refractivity contribution < 1.29 is 13.6 Å². The number of nitrogens with one attached hydrogen (secondary N) is 1. The van der Waals surface area contributed by atoms with E-state index in [-0.39, 0.29) is 22.7 Å². The van der Waals surface area contributed by atoms with Gasteiger partial charge in [0.1, 0.15) is 17.7 Å². The molecular formula is C24H19ClFN5O2S. The van der Waals surface area contributed by atoms with Gasteiger partial charge >= 0.3 is 0 Å². The maximum atomic E-state index is 13.3. The van der Waals surface area contributed by atoms with Crippen molar-refractivity contribution in [2.24, 2.45) is 0 Å². The Labute approximate surface area is 204 Å². The van der Waals surface area contributed by atoms with Crippen LogP contribution < -0.4 is 5.32 Å². The maximum Gasteiger partial charge on any atom is 0.277 e. The van der Waals surface area contributed by atoms with Crippen molar-refractivity contribution in [3.63, 3.8) is 0 Å². The summed E-state index contributed by atoms with van der Waals surface area (Å²) in [6.45, 7) is 4.08. The van der Waals surface area contributed by atoms with Gasteiger partial charge in [0.25, 0.3) is 5.22 Å². The van der Waals surface area contributed by atoms with E-state index in [1.54, 1.807) is 36.4 Å². The van der Waals surface area contributed by atoms with Crippen molar-refractivity contribution in [3.05, 3.63) is 81.8 Å². The number of nitrogens with zero attached hydrogens (tertiary/aromatic N) is 4. The second kappa shape index (κ2) is 10.1. The van der Waals surface area contributed by atoms with Gasteiger partial charge in [0.05, 0.1) is 11.3 Å². The number of anilines is 1. The molecule has 2 aromatic carbocycles. The average molecular weight is 496 g/mol. The van der Waals surface area contributed by atoms with E-state index in [0.29, 0.717) is 34.4 Å². The van der Waals surface area contributed by atoms with Crippen LogP contribution >= 0.6 is 23.4 Å². The second-order valence-electron chi connectivity index (χ2n) is 7.48. The van der Waals surface area contributed by atoms with Gasteiger partial charge in [-0.1, -0.05) is 41.6 Å². The number of nitriles is 1. The number of thioether (sulfide) groups is 1. The minimum atomic E-state index is -0.332. The molecule has 10 heteroatoms. The lowest BCUT2D eigenvalue weighted by Crippen LogP contribution is -2.18. The van der Waals surface area contributed by atoms with Crippen molar-refractivity contribution in [2.45, 2.75) is 25.6 Å². The molecule has 7 nitrogen and oxygen atoms in total. The number of benzene rings is 2. The number of rotatable bonds is 7. The first kappa shape index (κ1) is 23.5. The van der Waals surface area contributed by atoms with Crippen molar-refractivity contribution in [1.29, 1.82) is 5.26 Å². The largest absolute Gasteiger partial charge is 0.411 e. The molecule has 4 aromatic rings. The van der Waals surface area contributed by atoms with E-state index in [4.69, 9.17) is 16.0 Å². The average Bonchev–Trinajstić information content (AvgIpc) is 3.38. The monoisotopic (exact) mass is 495 g/mol. The predicted molar refractivity (Wildman–Crippen MR) is 128 cm³/mol. The van der Waals surface area contributed by atoms with Crippen LogP contribution in [0.1, 0.15) is 22.4 Å². The Morgan fingerprint density at radius 1 is 1.24 bits per heavy atom. The Kier molecular flexibility index (Phi) is 7.01. The van der Waals surface area contributed by atoms with Crippen molar-refractivity contribution >= 4 is 35.1 Å². The SMILES string of the molecule is Cc1c(C#N)c(NC(=O)CSc2nnc(-c3cccc(Cl)c3)o2)n(Cc2ccc(F)cc2)c1C. The summed E-state index contributed by atoms with van der Waals surface area (Å²) in [5.74, 6) is 0.0463. The van der Waals surface area contributed by atoms with Gasteiger partial charge in [-0.2, -0.15) is 5.26 Å². The first-order valence-electron chi connectivity index (χ1n) is 10.2. The molecular weight excluding hydrogens is 477 g/mol. The highest BCUT2D eigenvalue weighted by atomic mass is 35.5. The minimum absolute atomic E-state index is 0.00186. The maximum absolute atomic E-state index is 13.3. The van der Waals surface area contributed by atoms with Crippen molar-refractivity contribution in [1.82, 2.24) is 14.8 Å². The fraction of sp³-hybridized carbons (Fsp3) is 0.167. The van der Waals surface area contributed by atoms with Gasteiger partial charge in [-0.15, -0.1) is 10.2 Å². The van der Waals surface area contributed by atoms with Crippen LogP contribution in [0.4, 0.5) is 10.2 Å². The molecule has 4 rings (SSSR count). The normalized spacial score (nSPS) is 10.8. The first-order valence-corrected chi connectivity index (χ1v) is 11.6. The van der Waals surface area contributed by atoms with E-state index in [1.807, 2.05) is 18.4 Å². The molecule has 0 fully saturated rings. The fourth-order valence-corrected chi connectivity index (χ4v) is 4.16. The highest BCUT2D eigenvalue weighted by molar-refractivity contribution is 7.99. The lowest BCUT2D eigenvalue weighted by Gasteiger charge is -2.13. The van der Waals surface area contributed by atoms with Gasteiger partial charge in [0, 0.05) is 22.8 Å². The smallest absolute Gasteiger partial charge is 0.277 e. The Hall–Kier alpha value is -3.61. The van der Waals surface area contributed by atoms with Crippen LogP contribution in [0.25, 0.3) is 11.5 Å². The number of hydrogen-bond acceptors (Lipinski definition) is 6. The molecule has 1 amide bonds. The number of hydrogen-bond donors (Lipinski definition) is 1. The summed E-state index contributed by atoms with van der Waals surface area (Å²) in [6.07, 6.45) is 0. The summed E-state index contributed by atoms with van der Waals surface area (Å²) in [4.78, 5) is 12.7. The van der Waals surface area contributed by atoms with Gasteiger partial charge in [-0.05, 0) is 55.3 Å². The van der Waals surface area contributed by atoms with Gasteiger partial charge < -0.3 is 14.3 Å². The van der Waals surface area contributed by atoms with E-state index in [9.17, 15) is 14.4 Å². The molecule has 0 unspecified atom stereocenters. The molecule has 0 atom stereocenters. The van der Waals surface area contributed by atoms with Crippen LogP contribution in [0.5, 0.6) is 0 Å². The molecule has 2 heterocycles. The Morgan fingerprint density at radius 2 is 2.00 bits per heavy atom. The van der Waals surface area contributed by atoms with Crippen molar-refractivity contribution in [2.75, 3.05) is 11.1 Å². The lowest BCUT2D eigenvalue weighted by atomic mass is 10.2. The van der Waals surface area contributed by atoms with Gasteiger partial charge in [0.2, 0.25) is 11.8 Å². The van der Waals surface area contributed by atoms with E-state index in [0.717, 1.165) is 28.6 Å². The summed E-state index contributed by atoms with van der Waals surface area (Å²) in [7, 11) is 0. The molecule has 0 aliphatic carbocycles. The molecule has 1 N–H and O–H groups in total. The van der Waals surface area contributed by atoms with E-state index in [2.05, 4.69) is 21.6 Å². The van der Waals surface area contributed by atoms with E-state index < -0.39 is 0 Å². The number of aromatic nitrogens is 3. The zero-order valence-electron chi connectivity index (χ0n) is 18.3. The molecule has 0 bridgehead atoms. The second-order valence-corrected chi connectivity index (χ2v) is 8.84. The third-order valence-corrected chi connectivity index (χ3v) is 6.31. The number of carbonyl (C=O) groups is 1. The standard InChI is InChI=1S/C24H19ClFN5O2S/c1-14-15(2)31(12-16-6-8-19(26)9-7-16)22(20(14)11-27)28-21(32)13-34-24-30-29-23(33-24)17-4-3-5-18(25)10-17/h3-10H,12-13H2,1-2H3,(H,28,32). The van der Waals surface area contributed by atoms with Crippen LogP contribution in [-0.4, -0.2) is 26.4 Å². The van der Waals surface area contributed by atoms with Crippen LogP contribution in [-0.2, 0) is 11.3 Å². The Bertz CT molecular complexity index is 1390. The minimum Gasteiger partial charge on any atom is -0.411 e. The fourth-order valence-electron chi connectivity index (χ4n) is 3.40. The van der Waals surface area contributed by atoms with E-state index >= 15 is 0 Å². The first-order chi connectivity index (χ1) is 16.4. The topological polar surface area (TPSA) is 96.7 Å². The van der Waals surface area contributed by atoms with Crippen LogP contribution in [0, 0.1) is 31.0 Å². The lowest BCUT2D eigenvalue weighted by molar-refractivity contribution is -0.113. The van der Waals surface area contributed by atoms with Crippen molar-refractivity contribution in [3.8, 4) is 17.5 Å². The van der Waals surface area contributed by atoms with Crippen LogP contribution in [0.3, 0.4) is 0 Å². The summed E-state index contributed by atoms with van der Waals surface area (Å²) in [6, 6.07) is 15.3. The molecule has 0 saturated carbocycles. The number of halogens is 2. The number of amides is 1. The van der Waals surface area contributed by atoms with Crippen LogP contribution in [0.2, 0.25) is 5.02 Å².